The van der Waals surface area contributed by atoms with Gasteiger partial charge in [0.25, 0.3) is 0 Å². The summed E-state index contributed by atoms with van der Waals surface area (Å²) in [7, 11) is 0. The fraction of sp³-hybridized carbons (Fsp3) is 0.188. The van der Waals surface area contributed by atoms with Gasteiger partial charge in [0.2, 0.25) is 0 Å². The number of benzene rings is 2. The lowest BCUT2D eigenvalue weighted by atomic mass is 9.96. The molecular weight excluding hydrogens is 279 g/mol. The van der Waals surface area contributed by atoms with Crippen LogP contribution >= 0.6 is 23.2 Å². The maximum Gasteiger partial charge on any atom is 0.194 e. The maximum atomic E-state index is 12.6. The summed E-state index contributed by atoms with van der Waals surface area (Å²) in [6.07, 6.45) is 0. The van der Waals surface area contributed by atoms with Crippen molar-refractivity contribution in [1.29, 1.82) is 0 Å². The molecule has 0 saturated heterocycles. The van der Waals surface area contributed by atoms with E-state index in [1.54, 1.807) is 6.07 Å². The SMILES string of the molecule is Cc1cc(C(=O)c2cccc(C)c2Cl)c(C)cc1Cl. The first kappa shape index (κ1) is 14.1. The molecular formula is C16H14Cl2O. The number of rotatable bonds is 2. The summed E-state index contributed by atoms with van der Waals surface area (Å²) >= 11 is 12.3. The van der Waals surface area contributed by atoms with Crippen LogP contribution in [-0.2, 0) is 0 Å². The molecule has 2 aromatic carbocycles. The molecule has 3 heteroatoms. The summed E-state index contributed by atoms with van der Waals surface area (Å²) < 4.78 is 0. The van der Waals surface area contributed by atoms with Crippen molar-refractivity contribution in [1.82, 2.24) is 0 Å². The van der Waals surface area contributed by atoms with Crippen LogP contribution < -0.4 is 0 Å². The fourth-order valence-corrected chi connectivity index (χ4v) is 2.42. The molecule has 0 aliphatic carbocycles. The Morgan fingerprint density at radius 3 is 2.26 bits per heavy atom. The lowest BCUT2D eigenvalue weighted by Gasteiger charge is -2.10. The number of ketones is 1. The third-order valence-electron chi connectivity index (χ3n) is 3.19. The Balaban J connectivity index is 2.56. The van der Waals surface area contributed by atoms with Gasteiger partial charge in [-0.05, 0) is 55.7 Å². The average molecular weight is 293 g/mol. The van der Waals surface area contributed by atoms with Crippen LogP contribution in [0.4, 0.5) is 0 Å². The highest BCUT2D eigenvalue weighted by Gasteiger charge is 2.16. The summed E-state index contributed by atoms with van der Waals surface area (Å²) in [6, 6.07) is 9.11. The highest BCUT2D eigenvalue weighted by molar-refractivity contribution is 6.36. The lowest BCUT2D eigenvalue weighted by Crippen LogP contribution is -2.06. The van der Waals surface area contributed by atoms with Gasteiger partial charge in [0.05, 0.1) is 5.02 Å². The van der Waals surface area contributed by atoms with Crippen LogP contribution in [0.15, 0.2) is 30.3 Å². The van der Waals surface area contributed by atoms with Gasteiger partial charge in [-0.1, -0.05) is 35.3 Å². The molecule has 0 N–H and O–H groups in total. The average Bonchev–Trinajstić information content (AvgIpc) is 2.36. The summed E-state index contributed by atoms with van der Waals surface area (Å²) in [4.78, 5) is 12.6. The van der Waals surface area contributed by atoms with Gasteiger partial charge < -0.3 is 0 Å². The van der Waals surface area contributed by atoms with Gasteiger partial charge in [-0.25, -0.2) is 0 Å². The molecule has 1 nitrogen and oxygen atoms in total. The van der Waals surface area contributed by atoms with Gasteiger partial charge in [-0.3, -0.25) is 4.79 Å². The van der Waals surface area contributed by atoms with Gasteiger partial charge in [0.1, 0.15) is 0 Å². The molecule has 0 aliphatic heterocycles. The number of aryl methyl sites for hydroxylation is 3. The predicted octanol–water partition coefficient (Wildman–Crippen LogP) is 5.15. The van der Waals surface area contributed by atoms with Crippen molar-refractivity contribution in [3.8, 4) is 0 Å². The first-order valence-electron chi connectivity index (χ1n) is 5.98. The van der Waals surface area contributed by atoms with Crippen molar-refractivity contribution in [3.63, 3.8) is 0 Å². The minimum atomic E-state index is -0.0639. The third kappa shape index (κ3) is 2.68. The van der Waals surface area contributed by atoms with Crippen LogP contribution in [0.1, 0.15) is 32.6 Å². The van der Waals surface area contributed by atoms with Gasteiger partial charge in [-0.15, -0.1) is 0 Å². The van der Waals surface area contributed by atoms with E-state index in [0.29, 0.717) is 21.2 Å². The number of carbonyl (C=O) groups excluding carboxylic acids is 1. The van der Waals surface area contributed by atoms with Gasteiger partial charge >= 0.3 is 0 Å². The predicted molar refractivity (Wildman–Crippen MR) is 80.5 cm³/mol. The zero-order valence-electron chi connectivity index (χ0n) is 11.1. The van der Waals surface area contributed by atoms with Crippen molar-refractivity contribution in [2.45, 2.75) is 20.8 Å². The molecule has 0 fully saturated rings. The highest BCUT2D eigenvalue weighted by Crippen LogP contribution is 2.27. The Morgan fingerprint density at radius 2 is 1.58 bits per heavy atom. The molecule has 0 atom stereocenters. The monoisotopic (exact) mass is 292 g/mol. The van der Waals surface area contributed by atoms with Gasteiger partial charge in [0, 0.05) is 16.1 Å². The Bertz CT molecular complexity index is 660. The van der Waals surface area contributed by atoms with E-state index >= 15 is 0 Å². The van der Waals surface area contributed by atoms with Crippen molar-refractivity contribution >= 4 is 29.0 Å². The van der Waals surface area contributed by atoms with E-state index in [2.05, 4.69) is 0 Å². The van der Waals surface area contributed by atoms with Gasteiger partial charge in [-0.2, -0.15) is 0 Å². The largest absolute Gasteiger partial charge is 0.289 e. The second kappa shape index (κ2) is 5.36. The molecule has 0 aliphatic rings. The Morgan fingerprint density at radius 1 is 0.895 bits per heavy atom. The van der Waals surface area contributed by atoms with Crippen LogP contribution in [0, 0.1) is 20.8 Å². The van der Waals surface area contributed by atoms with Crippen LogP contribution in [0.5, 0.6) is 0 Å². The van der Waals surface area contributed by atoms with E-state index < -0.39 is 0 Å². The number of carbonyl (C=O) groups is 1. The third-order valence-corrected chi connectivity index (χ3v) is 4.10. The Labute approximate surface area is 123 Å². The van der Waals surface area contributed by atoms with E-state index in [1.807, 2.05) is 45.0 Å². The molecule has 0 bridgehead atoms. The normalized spacial score (nSPS) is 10.6. The Hall–Kier alpha value is -1.31. The molecule has 0 heterocycles. The Kier molecular flexibility index (Phi) is 3.98. The second-order valence-corrected chi connectivity index (χ2v) is 5.47. The van der Waals surface area contributed by atoms with Crippen LogP contribution in [-0.4, -0.2) is 5.78 Å². The van der Waals surface area contributed by atoms with E-state index in [9.17, 15) is 4.79 Å². The molecule has 0 spiro atoms. The van der Waals surface area contributed by atoms with Crippen molar-refractivity contribution in [2.24, 2.45) is 0 Å². The zero-order chi connectivity index (χ0) is 14.2. The fourth-order valence-electron chi connectivity index (χ4n) is 1.99. The molecule has 98 valence electrons. The number of hydrogen-bond donors (Lipinski definition) is 0. The molecule has 0 radical (unpaired) electrons. The summed E-state index contributed by atoms with van der Waals surface area (Å²) in [5, 5.41) is 1.18. The van der Waals surface area contributed by atoms with Crippen LogP contribution in [0.3, 0.4) is 0 Å². The lowest BCUT2D eigenvalue weighted by molar-refractivity contribution is 0.103. The van der Waals surface area contributed by atoms with E-state index in [0.717, 1.165) is 16.7 Å². The quantitative estimate of drug-likeness (QED) is 0.700. The van der Waals surface area contributed by atoms with Crippen LogP contribution in [0.25, 0.3) is 0 Å². The van der Waals surface area contributed by atoms with E-state index in [1.165, 1.54) is 0 Å². The van der Waals surface area contributed by atoms with Crippen molar-refractivity contribution in [2.75, 3.05) is 0 Å². The number of halogens is 2. The van der Waals surface area contributed by atoms with E-state index in [-0.39, 0.29) is 5.78 Å². The first-order chi connectivity index (χ1) is 8.91. The van der Waals surface area contributed by atoms with Gasteiger partial charge in [0.15, 0.2) is 5.78 Å². The second-order valence-electron chi connectivity index (χ2n) is 4.68. The smallest absolute Gasteiger partial charge is 0.194 e. The van der Waals surface area contributed by atoms with Crippen molar-refractivity contribution in [3.05, 3.63) is 68.2 Å². The van der Waals surface area contributed by atoms with E-state index in [4.69, 9.17) is 23.2 Å². The molecule has 0 amide bonds. The van der Waals surface area contributed by atoms with Crippen molar-refractivity contribution < 1.29 is 4.79 Å². The minimum Gasteiger partial charge on any atom is -0.289 e. The summed E-state index contributed by atoms with van der Waals surface area (Å²) in [5.74, 6) is -0.0639. The standard InChI is InChI=1S/C16H14Cl2O/c1-9-5-4-6-12(15(9)18)16(19)13-7-11(3)14(17)8-10(13)2/h4-8H,1-3H3. The maximum absolute atomic E-state index is 12.6. The topological polar surface area (TPSA) is 17.1 Å². The summed E-state index contributed by atoms with van der Waals surface area (Å²) in [5.41, 5.74) is 3.83. The first-order valence-corrected chi connectivity index (χ1v) is 6.74. The molecule has 19 heavy (non-hydrogen) atoms. The minimum absolute atomic E-state index is 0.0639. The highest BCUT2D eigenvalue weighted by atomic mass is 35.5. The molecule has 2 rings (SSSR count). The molecule has 0 aromatic heterocycles. The molecule has 0 unspecified atom stereocenters. The zero-order valence-corrected chi connectivity index (χ0v) is 12.6. The van der Waals surface area contributed by atoms with Crippen LogP contribution in [0.2, 0.25) is 10.0 Å². The number of hydrogen-bond acceptors (Lipinski definition) is 1. The molecule has 2 aromatic rings. The molecule has 0 saturated carbocycles. The summed E-state index contributed by atoms with van der Waals surface area (Å²) in [6.45, 7) is 5.65.